The summed E-state index contributed by atoms with van der Waals surface area (Å²) in [5.74, 6) is 2.19. The van der Waals surface area contributed by atoms with E-state index in [1.807, 2.05) is 32.0 Å². The Morgan fingerprint density at radius 1 is 1.26 bits per heavy atom. The zero-order chi connectivity index (χ0) is 14.3. The van der Waals surface area contributed by atoms with E-state index in [2.05, 4.69) is 6.92 Å². The Hall–Kier alpha value is -1.29. The van der Waals surface area contributed by atoms with Crippen LogP contribution in [0.2, 0.25) is 0 Å². The number of thiocarbonyl (C=S) groups is 1. The van der Waals surface area contributed by atoms with Crippen LogP contribution in [-0.4, -0.2) is 18.2 Å². The van der Waals surface area contributed by atoms with Gasteiger partial charge in [0.2, 0.25) is 0 Å². The SMILES string of the molecule is CCOc1ccc(OCC)c(CC(C)CC(N)=S)c1. The lowest BCUT2D eigenvalue weighted by molar-refractivity contribution is 0.326. The van der Waals surface area contributed by atoms with Crippen molar-refractivity contribution >= 4 is 17.2 Å². The maximum Gasteiger partial charge on any atom is 0.122 e. The van der Waals surface area contributed by atoms with Crippen molar-refractivity contribution in [3.05, 3.63) is 23.8 Å². The molecule has 1 aromatic carbocycles. The molecule has 19 heavy (non-hydrogen) atoms. The molecule has 1 unspecified atom stereocenters. The van der Waals surface area contributed by atoms with E-state index in [-0.39, 0.29) is 0 Å². The minimum absolute atomic E-state index is 0.397. The van der Waals surface area contributed by atoms with Crippen LogP contribution in [0.15, 0.2) is 18.2 Å². The van der Waals surface area contributed by atoms with Gasteiger partial charge < -0.3 is 15.2 Å². The van der Waals surface area contributed by atoms with Crippen molar-refractivity contribution in [3.63, 3.8) is 0 Å². The minimum atomic E-state index is 0.397. The Bertz CT molecular complexity index is 421. The van der Waals surface area contributed by atoms with Gasteiger partial charge in [-0.1, -0.05) is 19.1 Å². The molecule has 0 bridgehead atoms. The van der Waals surface area contributed by atoms with E-state index in [1.165, 1.54) is 0 Å². The highest BCUT2D eigenvalue weighted by atomic mass is 32.1. The predicted octanol–water partition coefficient (Wildman–Crippen LogP) is 3.34. The molecule has 1 rings (SSSR count). The van der Waals surface area contributed by atoms with Crippen LogP contribution in [0.25, 0.3) is 0 Å². The second kappa shape index (κ2) is 8.00. The highest BCUT2D eigenvalue weighted by Gasteiger charge is 2.11. The van der Waals surface area contributed by atoms with Gasteiger partial charge in [-0.2, -0.15) is 0 Å². The van der Waals surface area contributed by atoms with Crippen LogP contribution in [0.4, 0.5) is 0 Å². The molecule has 0 heterocycles. The normalized spacial score (nSPS) is 11.9. The van der Waals surface area contributed by atoms with E-state index in [0.717, 1.165) is 29.9 Å². The van der Waals surface area contributed by atoms with Crippen LogP contribution < -0.4 is 15.2 Å². The summed E-state index contributed by atoms with van der Waals surface area (Å²) in [5.41, 5.74) is 6.75. The van der Waals surface area contributed by atoms with Crippen molar-refractivity contribution in [2.75, 3.05) is 13.2 Å². The first-order valence-corrected chi connectivity index (χ1v) is 7.14. The third kappa shape index (κ3) is 5.47. The van der Waals surface area contributed by atoms with Crippen molar-refractivity contribution in [2.45, 2.75) is 33.6 Å². The second-order valence-electron chi connectivity index (χ2n) is 4.62. The molecule has 1 aromatic rings. The summed E-state index contributed by atoms with van der Waals surface area (Å²) in [7, 11) is 0. The topological polar surface area (TPSA) is 44.5 Å². The largest absolute Gasteiger partial charge is 0.494 e. The first kappa shape index (κ1) is 15.8. The van der Waals surface area contributed by atoms with E-state index in [4.69, 9.17) is 27.4 Å². The van der Waals surface area contributed by atoms with Gasteiger partial charge in [0, 0.05) is 6.42 Å². The Kier molecular flexibility index (Phi) is 6.64. The van der Waals surface area contributed by atoms with Crippen LogP contribution in [-0.2, 0) is 6.42 Å². The molecular formula is C15H23NO2S. The zero-order valence-corrected chi connectivity index (χ0v) is 12.8. The maximum absolute atomic E-state index is 5.66. The molecule has 0 saturated carbocycles. The monoisotopic (exact) mass is 281 g/mol. The van der Waals surface area contributed by atoms with Gasteiger partial charge in [-0.05, 0) is 49.9 Å². The van der Waals surface area contributed by atoms with Crippen LogP contribution in [0.1, 0.15) is 32.8 Å². The third-order valence-corrected chi connectivity index (χ3v) is 2.93. The highest BCUT2D eigenvalue weighted by molar-refractivity contribution is 7.80. The molecule has 2 N–H and O–H groups in total. The molecule has 106 valence electrons. The molecule has 0 amide bonds. The van der Waals surface area contributed by atoms with Gasteiger partial charge in [0.25, 0.3) is 0 Å². The summed E-state index contributed by atoms with van der Waals surface area (Å²) in [4.78, 5) is 0.562. The molecule has 0 aliphatic carbocycles. The summed E-state index contributed by atoms with van der Waals surface area (Å²) < 4.78 is 11.2. The van der Waals surface area contributed by atoms with E-state index in [0.29, 0.717) is 24.1 Å². The average molecular weight is 281 g/mol. The molecule has 1 atom stereocenters. The molecule has 0 fully saturated rings. The zero-order valence-electron chi connectivity index (χ0n) is 11.9. The highest BCUT2D eigenvalue weighted by Crippen LogP contribution is 2.27. The standard InChI is InChI=1S/C15H23NO2S/c1-4-17-13-6-7-14(18-5-2)12(10-13)8-11(3)9-15(16)19/h6-7,10-11H,4-5,8-9H2,1-3H3,(H2,16,19). The van der Waals surface area contributed by atoms with Crippen LogP contribution >= 0.6 is 12.2 Å². The third-order valence-electron chi connectivity index (χ3n) is 2.76. The number of benzene rings is 1. The number of hydrogen-bond acceptors (Lipinski definition) is 3. The second-order valence-corrected chi connectivity index (χ2v) is 5.14. The Morgan fingerprint density at radius 3 is 2.53 bits per heavy atom. The fraction of sp³-hybridized carbons (Fsp3) is 0.533. The van der Waals surface area contributed by atoms with E-state index in [1.54, 1.807) is 0 Å². The molecule has 0 saturated heterocycles. The van der Waals surface area contributed by atoms with E-state index < -0.39 is 0 Å². The first-order valence-electron chi connectivity index (χ1n) is 6.73. The van der Waals surface area contributed by atoms with Crippen molar-refractivity contribution in [1.82, 2.24) is 0 Å². The number of rotatable bonds is 8. The maximum atomic E-state index is 5.66. The predicted molar refractivity (Wildman–Crippen MR) is 83.1 cm³/mol. The summed E-state index contributed by atoms with van der Waals surface area (Å²) in [5, 5.41) is 0. The van der Waals surface area contributed by atoms with Gasteiger partial charge in [0.15, 0.2) is 0 Å². The van der Waals surface area contributed by atoms with Crippen LogP contribution in [0, 0.1) is 5.92 Å². The van der Waals surface area contributed by atoms with Gasteiger partial charge in [0.1, 0.15) is 11.5 Å². The Morgan fingerprint density at radius 2 is 1.95 bits per heavy atom. The molecule has 0 radical (unpaired) electrons. The summed E-state index contributed by atoms with van der Waals surface area (Å²) in [6.07, 6.45) is 1.63. The van der Waals surface area contributed by atoms with Crippen LogP contribution in [0.3, 0.4) is 0 Å². The molecule has 4 heteroatoms. The lowest BCUT2D eigenvalue weighted by Crippen LogP contribution is -2.14. The van der Waals surface area contributed by atoms with Gasteiger partial charge >= 0.3 is 0 Å². The smallest absolute Gasteiger partial charge is 0.122 e. The first-order chi connectivity index (χ1) is 9.06. The Balaban J connectivity index is 2.86. The number of hydrogen-bond donors (Lipinski definition) is 1. The van der Waals surface area contributed by atoms with Gasteiger partial charge in [0.05, 0.1) is 18.2 Å². The van der Waals surface area contributed by atoms with Crippen LogP contribution in [0.5, 0.6) is 11.5 Å². The van der Waals surface area contributed by atoms with Crippen molar-refractivity contribution in [2.24, 2.45) is 11.7 Å². The van der Waals surface area contributed by atoms with Crippen molar-refractivity contribution < 1.29 is 9.47 Å². The molecule has 0 aliphatic rings. The molecule has 3 nitrogen and oxygen atoms in total. The lowest BCUT2D eigenvalue weighted by Gasteiger charge is -2.16. The van der Waals surface area contributed by atoms with E-state index in [9.17, 15) is 0 Å². The molecular weight excluding hydrogens is 258 g/mol. The van der Waals surface area contributed by atoms with E-state index >= 15 is 0 Å². The average Bonchev–Trinajstić information content (AvgIpc) is 2.32. The number of nitrogens with two attached hydrogens (primary N) is 1. The minimum Gasteiger partial charge on any atom is -0.494 e. The fourth-order valence-corrected chi connectivity index (χ4v) is 2.34. The molecule has 0 spiro atoms. The summed E-state index contributed by atoms with van der Waals surface area (Å²) in [6, 6.07) is 5.96. The lowest BCUT2D eigenvalue weighted by atomic mass is 9.97. The van der Waals surface area contributed by atoms with Gasteiger partial charge in [-0.15, -0.1) is 0 Å². The Labute approximate surface area is 121 Å². The molecule has 0 aliphatic heterocycles. The summed E-state index contributed by atoms with van der Waals surface area (Å²) in [6.45, 7) is 7.42. The van der Waals surface area contributed by atoms with Gasteiger partial charge in [-0.3, -0.25) is 0 Å². The summed E-state index contributed by atoms with van der Waals surface area (Å²) >= 11 is 4.96. The fourth-order valence-electron chi connectivity index (χ4n) is 2.06. The van der Waals surface area contributed by atoms with Crippen molar-refractivity contribution in [1.29, 1.82) is 0 Å². The number of ether oxygens (including phenoxy) is 2. The van der Waals surface area contributed by atoms with Gasteiger partial charge in [-0.25, -0.2) is 0 Å². The quantitative estimate of drug-likeness (QED) is 0.742. The molecule has 0 aromatic heterocycles. The van der Waals surface area contributed by atoms with Crippen molar-refractivity contribution in [3.8, 4) is 11.5 Å².